The summed E-state index contributed by atoms with van der Waals surface area (Å²) in [5.74, 6) is 1.44. The summed E-state index contributed by atoms with van der Waals surface area (Å²) in [5.41, 5.74) is 5.33. The number of nitrogens with one attached hydrogen (secondary N) is 1. The van der Waals surface area contributed by atoms with E-state index in [0.717, 1.165) is 18.7 Å². The molecule has 1 aliphatic carbocycles. The molecule has 3 rings (SSSR count). The molecular weight excluding hydrogens is 332 g/mol. The minimum absolute atomic E-state index is 0. The third kappa shape index (κ3) is 4.26. The number of hydrogen-bond donors (Lipinski definition) is 2. The lowest BCUT2D eigenvalue weighted by Crippen LogP contribution is -2.57. The molecule has 1 aliphatic heterocycles. The zero-order valence-electron chi connectivity index (χ0n) is 14.1. The summed E-state index contributed by atoms with van der Waals surface area (Å²) < 4.78 is 10.6. The standard InChI is InChI=1S/C16H26N4O3.ClH/c1-11(18-15(21)16(17)7-9-22-10-8-16)14-19-13(20-23-14)12-5-3-2-4-6-12;/h11-12H,2-10,17H2,1H3,(H,18,21);1H. The Hall–Kier alpha value is -1.18. The van der Waals surface area contributed by atoms with E-state index >= 15 is 0 Å². The van der Waals surface area contributed by atoms with Crippen LogP contribution in [0.1, 0.15) is 75.5 Å². The van der Waals surface area contributed by atoms with Crippen molar-refractivity contribution in [1.82, 2.24) is 15.5 Å². The van der Waals surface area contributed by atoms with E-state index in [-0.39, 0.29) is 24.4 Å². The summed E-state index contributed by atoms with van der Waals surface area (Å²) in [5, 5.41) is 7.02. The largest absolute Gasteiger partial charge is 0.381 e. The van der Waals surface area contributed by atoms with Gasteiger partial charge in [-0.05, 0) is 32.6 Å². The highest BCUT2D eigenvalue weighted by atomic mass is 35.5. The van der Waals surface area contributed by atoms with Gasteiger partial charge in [-0.3, -0.25) is 4.79 Å². The molecule has 24 heavy (non-hydrogen) atoms. The summed E-state index contributed by atoms with van der Waals surface area (Å²) >= 11 is 0. The first-order chi connectivity index (χ1) is 11.1. The highest BCUT2D eigenvalue weighted by molar-refractivity contribution is 5.86. The van der Waals surface area contributed by atoms with Crippen molar-refractivity contribution in [3.8, 4) is 0 Å². The van der Waals surface area contributed by atoms with Crippen molar-refractivity contribution < 1.29 is 14.1 Å². The lowest BCUT2D eigenvalue weighted by molar-refractivity contribution is -0.130. The Balaban J connectivity index is 0.00000208. The Morgan fingerprint density at radius 3 is 2.62 bits per heavy atom. The molecule has 8 heteroatoms. The second kappa shape index (κ2) is 8.27. The Kier molecular flexibility index (Phi) is 6.60. The van der Waals surface area contributed by atoms with Gasteiger partial charge in [0.2, 0.25) is 11.8 Å². The molecule has 0 spiro atoms. The van der Waals surface area contributed by atoms with E-state index in [1.807, 2.05) is 6.92 Å². The van der Waals surface area contributed by atoms with E-state index in [1.54, 1.807) is 0 Å². The number of amides is 1. The fourth-order valence-electron chi connectivity index (χ4n) is 3.31. The van der Waals surface area contributed by atoms with Gasteiger partial charge < -0.3 is 20.3 Å². The highest BCUT2D eigenvalue weighted by Crippen LogP contribution is 2.31. The fourth-order valence-corrected chi connectivity index (χ4v) is 3.31. The SMILES string of the molecule is CC(NC(=O)C1(N)CCOCC1)c1nc(C2CCCCC2)no1.Cl. The summed E-state index contributed by atoms with van der Waals surface area (Å²) in [4.78, 5) is 16.9. The Morgan fingerprint density at radius 1 is 1.29 bits per heavy atom. The molecule has 2 aliphatic rings. The maximum absolute atomic E-state index is 12.4. The number of nitrogens with two attached hydrogens (primary N) is 1. The van der Waals surface area contributed by atoms with Crippen LogP contribution in [0.4, 0.5) is 0 Å². The lowest BCUT2D eigenvalue weighted by atomic mass is 9.89. The fraction of sp³-hybridized carbons (Fsp3) is 0.812. The van der Waals surface area contributed by atoms with E-state index in [9.17, 15) is 4.79 Å². The summed E-state index contributed by atoms with van der Waals surface area (Å²) in [6.45, 7) is 2.88. The van der Waals surface area contributed by atoms with Gasteiger partial charge in [0.1, 0.15) is 6.04 Å². The van der Waals surface area contributed by atoms with Crippen molar-refractivity contribution in [2.75, 3.05) is 13.2 Å². The number of rotatable bonds is 4. The Bertz CT molecular complexity index is 539. The van der Waals surface area contributed by atoms with Crippen LogP contribution in [0.2, 0.25) is 0 Å². The average molecular weight is 359 g/mol. The molecule has 1 saturated carbocycles. The van der Waals surface area contributed by atoms with Gasteiger partial charge in [-0.15, -0.1) is 12.4 Å². The average Bonchev–Trinajstić information content (AvgIpc) is 3.06. The maximum atomic E-state index is 12.4. The van der Waals surface area contributed by atoms with Crippen molar-refractivity contribution >= 4 is 18.3 Å². The highest BCUT2D eigenvalue weighted by Gasteiger charge is 2.37. The van der Waals surface area contributed by atoms with E-state index in [2.05, 4.69) is 15.5 Å². The number of ether oxygens (including phenoxy) is 1. The van der Waals surface area contributed by atoms with Gasteiger partial charge in [0.05, 0.1) is 5.54 Å². The molecule has 3 N–H and O–H groups in total. The number of halogens is 1. The van der Waals surface area contributed by atoms with Crippen molar-refractivity contribution in [2.45, 2.75) is 69.4 Å². The maximum Gasteiger partial charge on any atom is 0.248 e. The van der Waals surface area contributed by atoms with E-state index in [1.165, 1.54) is 19.3 Å². The molecule has 7 nitrogen and oxygen atoms in total. The number of hydrogen-bond acceptors (Lipinski definition) is 6. The second-order valence-electron chi connectivity index (χ2n) is 6.79. The van der Waals surface area contributed by atoms with Crippen LogP contribution in [0.5, 0.6) is 0 Å². The molecule has 1 unspecified atom stereocenters. The Labute approximate surface area is 148 Å². The van der Waals surface area contributed by atoms with Crippen LogP contribution < -0.4 is 11.1 Å². The first kappa shape index (κ1) is 19.1. The lowest BCUT2D eigenvalue weighted by Gasteiger charge is -2.32. The van der Waals surface area contributed by atoms with Gasteiger partial charge in [-0.1, -0.05) is 24.4 Å². The van der Waals surface area contributed by atoms with E-state index < -0.39 is 5.54 Å². The third-order valence-electron chi connectivity index (χ3n) is 4.98. The van der Waals surface area contributed by atoms with Gasteiger partial charge in [0, 0.05) is 19.1 Å². The van der Waals surface area contributed by atoms with Gasteiger partial charge in [0.15, 0.2) is 5.82 Å². The van der Waals surface area contributed by atoms with Crippen LogP contribution in [0.25, 0.3) is 0 Å². The van der Waals surface area contributed by atoms with Crippen molar-refractivity contribution in [3.63, 3.8) is 0 Å². The normalized spacial score (nSPS) is 22.4. The predicted octanol–water partition coefficient (Wildman–Crippen LogP) is 2.22. The van der Waals surface area contributed by atoms with Gasteiger partial charge in [0.25, 0.3) is 0 Å². The van der Waals surface area contributed by atoms with Gasteiger partial charge in [-0.2, -0.15) is 4.98 Å². The van der Waals surface area contributed by atoms with Crippen LogP contribution in [0.3, 0.4) is 0 Å². The molecular formula is C16H27ClN4O3. The number of carbonyl (C=O) groups excluding carboxylic acids is 1. The van der Waals surface area contributed by atoms with E-state index in [4.69, 9.17) is 15.0 Å². The molecule has 0 bridgehead atoms. The molecule has 0 aromatic carbocycles. The van der Waals surface area contributed by atoms with Crippen molar-refractivity contribution in [1.29, 1.82) is 0 Å². The van der Waals surface area contributed by atoms with Crippen LogP contribution in [-0.4, -0.2) is 34.8 Å². The molecule has 136 valence electrons. The number of carbonyl (C=O) groups is 1. The first-order valence-corrected chi connectivity index (χ1v) is 8.59. The molecule has 1 saturated heterocycles. The number of aromatic nitrogens is 2. The monoisotopic (exact) mass is 358 g/mol. The zero-order valence-corrected chi connectivity index (χ0v) is 14.9. The number of nitrogens with zero attached hydrogens (tertiary/aromatic N) is 2. The first-order valence-electron chi connectivity index (χ1n) is 8.59. The smallest absolute Gasteiger partial charge is 0.248 e. The topological polar surface area (TPSA) is 103 Å². The minimum Gasteiger partial charge on any atom is -0.381 e. The summed E-state index contributed by atoms with van der Waals surface area (Å²) in [7, 11) is 0. The quantitative estimate of drug-likeness (QED) is 0.855. The van der Waals surface area contributed by atoms with Crippen LogP contribution in [0.15, 0.2) is 4.52 Å². The van der Waals surface area contributed by atoms with E-state index in [0.29, 0.717) is 37.9 Å². The summed E-state index contributed by atoms with van der Waals surface area (Å²) in [6, 6.07) is -0.337. The second-order valence-corrected chi connectivity index (χ2v) is 6.79. The molecule has 2 heterocycles. The van der Waals surface area contributed by atoms with Crippen LogP contribution in [0, 0.1) is 0 Å². The predicted molar refractivity (Wildman–Crippen MR) is 90.9 cm³/mol. The van der Waals surface area contributed by atoms with Crippen molar-refractivity contribution in [2.24, 2.45) is 5.73 Å². The molecule has 1 atom stereocenters. The van der Waals surface area contributed by atoms with Gasteiger partial charge in [-0.25, -0.2) is 0 Å². The minimum atomic E-state index is -0.862. The van der Waals surface area contributed by atoms with Crippen molar-refractivity contribution in [3.05, 3.63) is 11.7 Å². The van der Waals surface area contributed by atoms with Crippen LogP contribution >= 0.6 is 12.4 Å². The Morgan fingerprint density at radius 2 is 1.96 bits per heavy atom. The molecule has 2 fully saturated rings. The molecule has 1 amide bonds. The third-order valence-corrected chi connectivity index (χ3v) is 4.98. The zero-order chi connectivity index (χ0) is 16.3. The summed E-state index contributed by atoms with van der Waals surface area (Å²) in [6.07, 6.45) is 7.02. The molecule has 1 aromatic rings. The molecule has 0 radical (unpaired) electrons. The van der Waals surface area contributed by atoms with Gasteiger partial charge >= 0.3 is 0 Å². The molecule has 1 aromatic heterocycles. The van der Waals surface area contributed by atoms with Crippen LogP contribution in [-0.2, 0) is 9.53 Å².